The molecular weight excluding hydrogens is 376 g/mol. The van der Waals surface area contributed by atoms with Crippen molar-refractivity contribution in [2.75, 3.05) is 13.2 Å². The van der Waals surface area contributed by atoms with Crippen LogP contribution in [0.1, 0.15) is 35.7 Å². The monoisotopic (exact) mass is 404 g/mol. The Bertz CT molecular complexity index is 988. The normalized spacial score (nSPS) is 16.0. The fraction of sp³-hybridized carbons (Fsp3) is 0.280. The second-order valence-corrected chi connectivity index (χ2v) is 7.29. The summed E-state index contributed by atoms with van der Waals surface area (Å²) >= 11 is 0. The summed E-state index contributed by atoms with van der Waals surface area (Å²) < 4.78 is 5.11. The van der Waals surface area contributed by atoms with Crippen LogP contribution in [-0.2, 0) is 16.1 Å². The highest BCUT2D eigenvalue weighted by molar-refractivity contribution is 5.97. The number of hydrogen-bond donors (Lipinski definition) is 1. The summed E-state index contributed by atoms with van der Waals surface area (Å²) in [6, 6.07) is 23.5. The van der Waals surface area contributed by atoms with E-state index in [2.05, 4.69) is 17.0 Å². The van der Waals surface area contributed by atoms with E-state index in [9.17, 15) is 9.59 Å². The Morgan fingerprint density at radius 2 is 1.70 bits per heavy atom. The van der Waals surface area contributed by atoms with Crippen molar-refractivity contribution in [1.82, 2.24) is 4.90 Å². The van der Waals surface area contributed by atoms with Gasteiger partial charge in [0.15, 0.2) is 0 Å². The minimum atomic E-state index is -0.384. The van der Waals surface area contributed by atoms with Gasteiger partial charge in [0.1, 0.15) is 6.04 Å². The first kappa shape index (κ1) is 21.5. The lowest BCUT2D eigenvalue weighted by Crippen LogP contribution is -2.36. The molecule has 1 aliphatic heterocycles. The smallest absolute Gasteiger partial charge is 0.323 e. The third-order valence-corrected chi connectivity index (χ3v) is 5.18. The molecule has 3 aromatic carbocycles. The second-order valence-electron chi connectivity index (χ2n) is 7.29. The highest BCUT2D eigenvalue weighted by Crippen LogP contribution is 2.21. The molecular formula is C25H28N2O3. The Labute approximate surface area is 177 Å². The number of likely N-dealkylation sites (tertiary alicyclic amines) is 1. The molecule has 156 valence electrons. The number of nitrogens with two attached hydrogens (primary N) is 1. The third kappa shape index (κ3) is 5.67. The number of carbonyl (C=O) groups excluding carboxylic acids is 2. The van der Waals surface area contributed by atoms with Crippen LogP contribution in [0, 0.1) is 0 Å². The van der Waals surface area contributed by atoms with Crippen LogP contribution in [0.15, 0.2) is 72.8 Å². The van der Waals surface area contributed by atoms with Gasteiger partial charge < -0.3 is 10.5 Å². The van der Waals surface area contributed by atoms with E-state index in [1.165, 1.54) is 5.56 Å². The van der Waals surface area contributed by atoms with Crippen molar-refractivity contribution in [1.29, 1.82) is 0 Å². The van der Waals surface area contributed by atoms with E-state index in [0.29, 0.717) is 12.2 Å². The van der Waals surface area contributed by atoms with Gasteiger partial charge >= 0.3 is 5.97 Å². The molecule has 0 bridgehead atoms. The summed E-state index contributed by atoms with van der Waals surface area (Å²) in [6.07, 6.45) is 2.00. The Morgan fingerprint density at radius 3 is 2.40 bits per heavy atom. The molecule has 0 spiro atoms. The number of esters is 1. The molecule has 1 saturated heterocycles. The molecule has 3 aromatic rings. The van der Waals surface area contributed by atoms with Crippen molar-refractivity contribution in [3.63, 3.8) is 0 Å². The molecule has 0 radical (unpaired) electrons. The van der Waals surface area contributed by atoms with Crippen molar-refractivity contribution in [3.05, 3.63) is 83.9 Å². The quantitative estimate of drug-likeness (QED) is 0.649. The van der Waals surface area contributed by atoms with E-state index in [-0.39, 0.29) is 17.9 Å². The van der Waals surface area contributed by atoms with Gasteiger partial charge in [-0.3, -0.25) is 14.5 Å². The Kier molecular flexibility index (Phi) is 7.57. The van der Waals surface area contributed by atoms with Crippen molar-refractivity contribution in [3.8, 4) is 0 Å². The first-order valence-corrected chi connectivity index (χ1v) is 10.3. The fourth-order valence-electron chi connectivity index (χ4n) is 3.68. The van der Waals surface area contributed by atoms with Crippen molar-refractivity contribution < 1.29 is 14.3 Å². The van der Waals surface area contributed by atoms with Gasteiger partial charge in [0, 0.05) is 12.1 Å². The van der Waals surface area contributed by atoms with E-state index < -0.39 is 0 Å². The average Bonchev–Trinajstić information content (AvgIpc) is 3.23. The maximum atomic E-state index is 11.8. The Hall–Kier alpha value is -3.18. The van der Waals surface area contributed by atoms with E-state index in [1.807, 2.05) is 55.5 Å². The number of nitrogens with zero attached hydrogens (tertiary/aromatic N) is 1. The molecule has 1 unspecified atom stereocenters. The van der Waals surface area contributed by atoms with Crippen molar-refractivity contribution in [2.24, 2.45) is 5.73 Å². The topological polar surface area (TPSA) is 72.6 Å². The summed E-state index contributed by atoms with van der Waals surface area (Å²) in [5.74, 6) is -0.452. The van der Waals surface area contributed by atoms with Crippen molar-refractivity contribution in [2.45, 2.75) is 32.4 Å². The lowest BCUT2D eigenvalue weighted by molar-refractivity contribution is -0.148. The summed E-state index contributed by atoms with van der Waals surface area (Å²) in [5, 5.41) is 2.16. The van der Waals surface area contributed by atoms with Crippen LogP contribution in [0.2, 0.25) is 0 Å². The van der Waals surface area contributed by atoms with Crippen LogP contribution in [0.3, 0.4) is 0 Å². The third-order valence-electron chi connectivity index (χ3n) is 5.18. The zero-order chi connectivity index (χ0) is 21.3. The van der Waals surface area contributed by atoms with Crippen molar-refractivity contribution >= 4 is 22.6 Å². The Morgan fingerprint density at radius 1 is 1.00 bits per heavy atom. The second kappa shape index (κ2) is 10.6. The van der Waals surface area contributed by atoms with Crippen LogP contribution in [0.5, 0.6) is 0 Å². The van der Waals surface area contributed by atoms with E-state index >= 15 is 0 Å². The number of fused-ring (bicyclic) bond motifs is 1. The molecule has 4 rings (SSSR count). The van der Waals surface area contributed by atoms with E-state index in [4.69, 9.17) is 10.5 Å². The molecule has 5 nitrogen and oxygen atoms in total. The van der Waals surface area contributed by atoms with Gasteiger partial charge in [-0.25, -0.2) is 0 Å². The maximum Gasteiger partial charge on any atom is 0.323 e. The van der Waals surface area contributed by atoms with Gasteiger partial charge in [0.25, 0.3) is 0 Å². The number of hydrogen-bond acceptors (Lipinski definition) is 4. The standard InChI is InChI=1S/C14H19NO2.C11H9NO/c1-2-17-14(16)13-9-6-10-15(13)11-12-7-4-3-5-8-12;12-11(13)10-6-5-8-3-1-2-4-9(8)7-10/h3-5,7-8,13H,2,6,9-11H2,1H3;1-7H,(H2,12,13). The lowest BCUT2D eigenvalue weighted by atomic mass is 10.1. The molecule has 0 saturated carbocycles. The molecule has 0 aliphatic carbocycles. The molecule has 1 fully saturated rings. The molecule has 30 heavy (non-hydrogen) atoms. The maximum absolute atomic E-state index is 11.8. The minimum Gasteiger partial charge on any atom is -0.465 e. The van der Waals surface area contributed by atoms with Gasteiger partial charge in [-0.05, 0) is 54.8 Å². The first-order chi connectivity index (χ1) is 14.6. The summed E-state index contributed by atoms with van der Waals surface area (Å²) in [5.41, 5.74) is 6.97. The molecule has 5 heteroatoms. The number of benzene rings is 3. The van der Waals surface area contributed by atoms with Gasteiger partial charge in [-0.1, -0.05) is 60.7 Å². The zero-order valence-corrected chi connectivity index (χ0v) is 17.3. The summed E-state index contributed by atoms with van der Waals surface area (Å²) in [6.45, 7) is 4.14. The fourth-order valence-corrected chi connectivity index (χ4v) is 3.68. The van der Waals surface area contributed by atoms with Crippen LogP contribution in [0.4, 0.5) is 0 Å². The first-order valence-electron chi connectivity index (χ1n) is 10.3. The van der Waals surface area contributed by atoms with Gasteiger partial charge in [0.2, 0.25) is 5.91 Å². The number of rotatable bonds is 5. The molecule has 1 amide bonds. The largest absolute Gasteiger partial charge is 0.465 e. The predicted octanol–water partition coefficient (Wildman–Crippen LogP) is 4.15. The van der Waals surface area contributed by atoms with Gasteiger partial charge in [-0.2, -0.15) is 0 Å². The lowest BCUT2D eigenvalue weighted by Gasteiger charge is -2.22. The molecule has 0 aromatic heterocycles. The molecule has 1 heterocycles. The molecule has 2 N–H and O–H groups in total. The van der Waals surface area contributed by atoms with E-state index in [1.54, 1.807) is 12.1 Å². The zero-order valence-electron chi connectivity index (χ0n) is 17.3. The van der Waals surface area contributed by atoms with Crippen LogP contribution < -0.4 is 5.73 Å². The predicted molar refractivity (Wildman–Crippen MR) is 119 cm³/mol. The average molecular weight is 405 g/mol. The number of carbonyl (C=O) groups is 2. The van der Waals surface area contributed by atoms with Gasteiger partial charge in [0.05, 0.1) is 6.61 Å². The van der Waals surface area contributed by atoms with Crippen LogP contribution >= 0.6 is 0 Å². The van der Waals surface area contributed by atoms with Crippen LogP contribution in [0.25, 0.3) is 10.8 Å². The van der Waals surface area contributed by atoms with E-state index in [0.717, 1.165) is 36.7 Å². The molecule has 1 aliphatic rings. The van der Waals surface area contributed by atoms with Gasteiger partial charge in [-0.15, -0.1) is 0 Å². The minimum absolute atomic E-state index is 0.0462. The summed E-state index contributed by atoms with van der Waals surface area (Å²) in [4.78, 5) is 24.9. The highest BCUT2D eigenvalue weighted by Gasteiger charge is 2.31. The number of amides is 1. The number of primary amides is 1. The number of ether oxygens (including phenoxy) is 1. The summed E-state index contributed by atoms with van der Waals surface area (Å²) in [7, 11) is 0. The molecule has 1 atom stereocenters. The van der Waals surface area contributed by atoms with Crippen LogP contribution in [-0.4, -0.2) is 36.0 Å². The highest BCUT2D eigenvalue weighted by atomic mass is 16.5. The SMILES string of the molecule is CCOC(=O)C1CCCN1Cc1ccccc1.NC(=O)c1ccc2ccccc2c1. The Balaban J connectivity index is 0.000000177.